The molecular formula is C16H14ClFN2O4. The monoisotopic (exact) mass is 352 g/mol. The third kappa shape index (κ3) is 2.75. The van der Waals surface area contributed by atoms with Gasteiger partial charge in [0, 0.05) is 17.0 Å². The number of nitrogens with one attached hydrogen (secondary N) is 1. The van der Waals surface area contributed by atoms with Gasteiger partial charge < -0.3 is 10.1 Å². The normalized spacial score (nSPS) is 24.9. The molecule has 1 aliphatic carbocycles. The molecule has 2 atom stereocenters. The van der Waals surface area contributed by atoms with E-state index in [0.29, 0.717) is 5.69 Å². The van der Waals surface area contributed by atoms with Crippen molar-refractivity contribution in [1.82, 2.24) is 0 Å². The van der Waals surface area contributed by atoms with E-state index < -0.39 is 34.1 Å². The number of nitro groups is 1. The minimum Gasteiger partial charge on any atom is -0.477 e. The summed E-state index contributed by atoms with van der Waals surface area (Å²) < 4.78 is 19.4. The fourth-order valence-electron chi connectivity index (χ4n) is 3.04. The van der Waals surface area contributed by atoms with Gasteiger partial charge in [-0.25, -0.2) is 4.39 Å². The van der Waals surface area contributed by atoms with Gasteiger partial charge >= 0.3 is 0 Å². The number of rotatable bonds is 2. The van der Waals surface area contributed by atoms with Gasteiger partial charge in [0.15, 0.2) is 11.9 Å². The number of nitro benzene ring substituents is 1. The second-order valence-corrected chi connectivity index (χ2v) is 6.76. The molecule has 1 heterocycles. The summed E-state index contributed by atoms with van der Waals surface area (Å²) >= 11 is 6.18. The smallest absolute Gasteiger partial charge is 0.273 e. The average Bonchev–Trinajstić information content (AvgIpc) is 2.45. The molecule has 0 aromatic heterocycles. The molecule has 2 unspecified atom stereocenters. The summed E-state index contributed by atoms with van der Waals surface area (Å²) in [5, 5.41) is 13.7. The van der Waals surface area contributed by atoms with Gasteiger partial charge in [-0.05, 0) is 23.6 Å². The summed E-state index contributed by atoms with van der Waals surface area (Å²) in [4.78, 5) is 22.8. The molecule has 1 aromatic carbocycles. The number of hydrogen-bond acceptors (Lipinski definition) is 4. The topological polar surface area (TPSA) is 81.5 Å². The van der Waals surface area contributed by atoms with Crippen LogP contribution in [0, 0.1) is 21.4 Å². The zero-order valence-corrected chi connectivity index (χ0v) is 13.6. The Kier molecular flexibility index (Phi) is 3.83. The maximum atomic E-state index is 13.6. The van der Waals surface area contributed by atoms with Crippen molar-refractivity contribution >= 4 is 28.9 Å². The SMILES string of the molecule is CC1(C)C=C(F)C=C(Cl)C1C1Oc2cc([N+](=O)[O-])ccc2NC1=O. The van der Waals surface area contributed by atoms with Crippen molar-refractivity contribution in [2.45, 2.75) is 20.0 Å². The second-order valence-electron chi connectivity index (χ2n) is 6.32. The minimum absolute atomic E-state index is 0.154. The number of hydrogen-bond donors (Lipinski definition) is 1. The van der Waals surface area contributed by atoms with Crippen molar-refractivity contribution in [1.29, 1.82) is 0 Å². The van der Waals surface area contributed by atoms with E-state index in [1.54, 1.807) is 13.8 Å². The van der Waals surface area contributed by atoms with E-state index in [4.69, 9.17) is 16.3 Å². The van der Waals surface area contributed by atoms with E-state index >= 15 is 0 Å². The summed E-state index contributed by atoms with van der Waals surface area (Å²) in [6.07, 6.45) is 1.50. The Balaban J connectivity index is 1.99. The fourth-order valence-corrected chi connectivity index (χ4v) is 3.54. The number of allylic oxidation sites excluding steroid dienone is 3. The number of ether oxygens (including phenoxy) is 1. The summed E-state index contributed by atoms with van der Waals surface area (Å²) in [6, 6.07) is 3.93. The lowest BCUT2D eigenvalue weighted by Crippen LogP contribution is -2.48. The van der Waals surface area contributed by atoms with E-state index in [9.17, 15) is 19.3 Å². The van der Waals surface area contributed by atoms with Gasteiger partial charge in [0.1, 0.15) is 5.83 Å². The lowest BCUT2D eigenvalue weighted by atomic mass is 9.72. The Morgan fingerprint density at radius 2 is 2.12 bits per heavy atom. The highest BCUT2D eigenvalue weighted by Gasteiger charge is 2.46. The number of amides is 1. The molecule has 0 bridgehead atoms. The highest BCUT2D eigenvalue weighted by Crippen LogP contribution is 2.46. The van der Waals surface area contributed by atoms with Crippen LogP contribution in [0.5, 0.6) is 5.75 Å². The van der Waals surface area contributed by atoms with Crippen LogP contribution in [-0.2, 0) is 4.79 Å². The van der Waals surface area contributed by atoms with E-state index in [1.807, 2.05) is 0 Å². The van der Waals surface area contributed by atoms with Gasteiger partial charge in [-0.3, -0.25) is 14.9 Å². The summed E-state index contributed by atoms with van der Waals surface area (Å²) in [5.74, 6) is -1.35. The number of fused-ring (bicyclic) bond motifs is 1. The molecule has 1 N–H and O–H groups in total. The molecule has 8 heteroatoms. The maximum absolute atomic E-state index is 13.6. The first-order chi connectivity index (χ1) is 11.2. The van der Waals surface area contributed by atoms with Gasteiger partial charge in [0.25, 0.3) is 11.6 Å². The summed E-state index contributed by atoms with van der Waals surface area (Å²) in [7, 11) is 0. The Morgan fingerprint density at radius 1 is 1.42 bits per heavy atom. The molecule has 3 rings (SSSR count). The quantitative estimate of drug-likeness (QED) is 0.646. The van der Waals surface area contributed by atoms with E-state index in [0.717, 1.165) is 6.08 Å². The van der Waals surface area contributed by atoms with Gasteiger partial charge in [-0.1, -0.05) is 25.4 Å². The lowest BCUT2D eigenvalue weighted by molar-refractivity contribution is -0.384. The molecule has 0 fully saturated rings. The molecule has 0 saturated heterocycles. The van der Waals surface area contributed by atoms with Crippen LogP contribution in [0.3, 0.4) is 0 Å². The molecule has 6 nitrogen and oxygen atoms in total. The molecule has 1 aromatic rings. The van der Waals surface area contributed by atoms with Gasteiger partial charge in [0.05, 0.1) is 16.7 Å². The zero-order chi connectivity index (χ0) is 17.6. The van der Waals surface area contributed by atoms with Crippen LogP contribution in [0.4, 0.5) is 15.8 Å². The van der Waals surface area contributed by atoms with Crippen molar-refractivity contribution in [2.24, 2.45) is 11.3 Å². The Bertz CT molecular complexity index is 803. The van der Waals surface area contributed by atoms with Crippen LogP contribution >= 0.6 is 11.6 Å². The molecule has 0 saturated carbocycles. The predicted molar refractivity (Wildman–Crippen MR) is 86.5 cm³/mol. The Hall–Kier alpha value is -2.41. The largest absolute Gasteiger partial charge is 0.477 e. The Labute approximate surface area is 142 Å². The first kappa shape index (κ1) is 16.4. The highest BCUT2D eigenvalue weighted by molar-refractivity contribution is 6.30. The number of non-ortho nitro benzene ring substituents is 1. The zero-order valence-electron chi connectivity index (χ0n) is 12.9. The third-order valence-electron chi connectivity index (χ3n) is 4.13. The van der Waals surface area contributed by atoms with Crippen LogP contribution < -0.4 is 10.1 Å². The van der Waals surface area contributed by atoms with Crippen molar-refractivity contribution in [2.75, 3.05) is 5.32 Å². The third-order valence-corrected chi connectivity index (χ3v) is 4.48. The van der Waals surface area contributed by atoms with Crippen LogP contribution in [0.2, 0.25) is 0 Å². The standard InChI is InChI=1S/C16H14ClFN2O4/c1-16(2)7-8(18)5-10(17)13(16)14-15(21)19-11-4-3-9(20(22)23)6-12(11)24-14/h3-7,13-14H,1-2H3,(H,19,21). The van der Waals surface area contributed by atoms with Crippen molar-refractivity contribution in [3.63, 3.8) is 0 Å². The summed E-state index contributed by atoms with van der Waals surface area (Å²) in [5.41, 5.74) is -0.577. The number of carbonyl (C=O) groups excluding carboxylic acids is 1. The molecular weight excluding hydrogens is 339 g/mol. The minimum atomic E-state index is -1.03. The van der Waals surface area contributed by atoms with Crippen LogP contribution in [0.15, 0.2) is 41.2 Å². The Morgan fingerprint density at radius 3 is 2.75 bits per heavy atom. The number of halogens is 2. The molecule has 0 spiro atoms. The highest BCUT2D eigenvalue weighted by atomic mass is 35.5. The van der Waals surface area contributed by atoms with E-state index in [-0.39, 0.29) is 16.5 Å². The molecule has 1 aliphatic heterocycles. The molecule has 1 amide bonds. The predicted octanol–water partition coefficient (Wildman–Crippen LogP) is 3.93. The first-order valence-electron chi connectivity index (χ1n) is 7.20. The van der Waals surface area contributed by atoms with Crippen LogP contribution in [0.1, 0.15) is 13.8 Å². The van der Waals surface area contributed by atoms with Crippen LogP contribution in [-0.4, -0.2) is 16.9 Å². The van der Waals surface area contributed by atoms with Crippen molar-refractivity contribution in [3.8, 4) is 5.75 Å². The number of benzene rings is 1. The summed E-state index contributed by atoms with van der Waals surface area (Å²) in [6.45, 7) is 3.48. The molecule has 24 heavy (non-hydrogen) atoms. The molecule has 0 radical (unpaired) electrons. The molecule has 2 aliphatic rings. The second kappa shape index (κ2) is 5.59. The first-order valence-corrected chi connectivity index (χ1v) is 7.58. The van der Waals surface area contributed by atoms with Gasteiger partial charge in [0.2, 0.25) is 0 Å². The van der Waals surface area contributed by atoms with Gasteiger partial charge in [-0.2, -0.15) is 0 Å². The van der Waals surface area contributed by atoms with Crippen molar-refractivity contribution < 1.29 is 18.8 Å². The number of nitrogens with zero attached hydrogens (tertiary/aromatic N) is 1. The van der Waals surface area contributed by atoms with Gasteiger partial charge in [-0.15, -0.1) is 0 Å². The van der Waals surface area contributed by atoms with E-state index in [1.165, 1.54) is 24.3 Å². The van der Waals surface area contributed by atoms with E-state index in [2.05, 4.69) is 5.32 Å². The van der Waals surface area contributed by atoms with Crippen molar-refractivity contribution in [3.05, 3.63) is 51.3 Å². The average molecular weight is 353 g/mol. The number of carbonyl (C=O) groups is 1. The van der Waals surface area contributed by atoms with Crippen LogP contribution in [0.25, 0.3) is 0 Å². The number of anilines is 1. The lowest BCUT2D eigenvalue weighted by Gasteiger charge is -2.40. The fraction of sp³-hybridized carbons (Fsp3) is 0.312. The molecule has 126 valence electrons. The maximum Gasteiger partial charge on any atom is 0.273 e.